The van der Waals surface area contributed by atoms with Crippen LogP contribution in [0.2, 0.25) is 0 Å². The fourth-order valence-electron chi connectivity index (χ4n) is 1.48. The van der Waals surface area contributed by atoms with E-state index < -0.39 is 0 Å². The maximum absolute atomic E-state index is 9.89. The molecule has 2 aromatic rings. The summed E-state index contributed by atoms with van der Waals surface area (Å²) in [6.07, 6.45) is 0. The van der Waals surface area contributed by atoms with Crippen LogP contribution in [-0.2, 0) is 0 Å². The van der Waals surface area contributed by atoms with Crippen molar-refractivity contribution in [1.29, 1.82) is 0 Å². The average Bonchev–Trinajstić information content (AvgIpc) is 2.36. The van der Waals surface area contributed by atoms with Gasteiger partial charge in [0.1, 0.15) is 5.75 Å². The third-order valence-corrected chi connectivity index (χ3v) is 6.50. The molecule has 2 rings (SSSR count). The molecule has 0 atom stereocenters. The summed E-state index contributed by atoms with van der Waals surface area (Å²) in [5, 5.41) is 9.89. The predicted octanol–water partition coefficient (Wildman–Crippen LogP) is 6.11. The smallest absolute Gasteiger partial charge is 0.146 e. The fourth-order valence-corrected chi connectivity index (χ4v) is 4.03. The van der Waals surface area contributed by atoms with E-state index in [1.807, 2.05) is 30.3 Å². The molecule has 0 saturated heterocycles. The highest BCUT2D eigenvalue weighted by atomic mass is 79.9. The van der Waals surface area contributed by atoms with Crippen LogP contribution in [0.5, 0.6) is 5.75 Å². The molecule has 0 aliphatic heterocycles. The summed E-state index contributed by atoms with van der Waals surface area (Å²) in [7, 11) is 0. The van der Waals surface area contributed by atoms with E-state index in [4.69, 9.17) is 0 Å². The molecule has 1 N–H and O–H groups in total. The Balaban J connectivity index is 2.80. The molecule has 0 saturated carbocycles. The van der Waals surface area contributed by atoms with Gasteiger partial charge in [0.25, 0.3) is 0 Å². The van der Waals surface area contributed by atoms with E-state index in [0.717, 1.165) is 20.1 Å². The van der Waals surface area contributed by atoms with Crippen LogP contribution in [0.3, 0.4) is 0 Å². The van der Waals surface area contributed by atoms with Gasteiger partial charge >= 0.3 is 0 Å². The lowest BCUT2D eigenvalue weighted by Crippen LogP contribution is -1.86. The molecule has 0 aliphatic rings. The highest BCUT2D eigenvalue weighted by Gasteiger charge is 2.19. The SMILES string of the molecule is Oc1c(Br)c(Br)c(-c2ccccc2)c(Br)c1Br. The summed E-state index contributed by atoms with van der Waals surface area (Å²) in [6.45, 7) is 0. The number of phenolic OH excluding ortho intramolecular Hbond substituents is 1. The van der Waals surface area contributed by atoms with Crippen LogP contribution in [0.1, 0.15) is 0 Å². The molecule has 0 aromatic heterocycles. The van der Waals surface area contributed by atoms with E-state index in [2.05, 4.69) is 63.7 Å². The Hall–Kier alpha value is 0.160. The lowest BCUT2D eigenvalue weighted by molar-refractivity contribution is 0.467. The summed E-state index contributed by atoms with van der Waals surface area (Å²) in [4.78, 5) is 0. The van der Waals surface area contributed by atoms with Crippen LogP contribution in [0.25, 0.3) is 11.1 Å². The Labute approximate surface area is 133 Å². The van der Waals surface area contributed by atoms with Crippen molar-refractivity contribution in [2.75, 3.05) is 0 Å². The summed E-state index contributed by atoms with van der Waals surface area (Å²) in [5.74, 6) is 0.170. The highest BCUT2D eigenvalue weighted by molar-refractivity contribution is 9.14. The largest absolute Gasteiger partial charge is 0.505 e. The molecule has 88 valence electrons. The quantitative estimate of drug-likeness (QED) is 0.483. The lowest BCUT2D eigenvalue weighted by Gasteiger charge is -2.13. The van der Waals surface area contributed by atoms with Gasteiger partial charge in [-0.15, -0.1) is 0 Å². The molecule has 2 aromatic carbocycles. The number of halogens is 4. The molecule has 0 aliphatic carbocycles. The van der Waals surface area contributed by atoms with E-state index >= 15 is 0 Å². The number of rotatable bonds is 1. The first-order chi connectivity index (χ1) is 8.04. The van der Waals surface area contributed by atoms with Gasteiger partial charge in [-0.2, -0.15) is 0 Å². The van der Waals surface area contributed by atoms with Gasteiger partial charge in [0, 0.05) is 14.5 Å². The molecule has 0 heterocycles. The second-order valence-electron chi connectivity index (χ2n) is 3.35. The summed E-state index contributed by atoms with van der Waals surface area (Å²) in [6, 6.07) is 9.95. The van der Waals surface area contributed by atoms with E-state index in [-0.39, 0.29) is 5.75 Å². The van der Waals surface area contributed by atoms with Gasteiger partial charge in [0.2, 0.25) is 0 Å². The standard InChI is InChI=1S/C12H6Br4O/c13-8-7(6-4-2-1-3-5-6)9(14)11(16)12(17)10(8)15/h1-5,17H. The molecule has 17 heavy (non-hydrogen) atoms. The zero-order valence-electron chi connectivity index (χ0n) is 8.35. The van der Waals surface area contributed by atoms with Crippen molar-refractivity contribution < 1.29 is 5.11 Å². The van der Waals surface area contributed by atoms with Gasteiger partial charge in [-0.25, -0.2) is 0 Å². The summed E-state index contributed by atoms with van der Waals surface area (Å²) < 4.78 is 2.89. The van der Waals surface area contributed by atoms with Crippen molar-refractivity contribution in [3.8, 4) is 16.9 Å². The lowest BCUT2D eigenvalue weighted by atomic mass is 10.1. The minimum absolute atomic E-state index is 0.170. The Morgan fingerprint density at radius 3 is 1.65 bits per heavy atom. The van der Waals surface area contributed by atoms with E-state index in [9.17, 15) is 5.11 Å². The van der Waals surface area contributed by atoms with Crippen LogP contribution in [-0.4, -0.2) is 5.11 Å². The van der Waals surface area contributed by atoms with Crippen molar-refractivity contribution in [3.63, 3.8) is 0 Å². The highest BCUT2D eigenvalue weighted by Crippen LogP contribution is 2.49. The third-order valence-electron chi connectivity index (χ3n) is 2.30. The maximum Gasteiger partial charge on any atom is 0.146 e. The topological polar surface area (TPSA) is 20.2 Å². The molecule has 1 nitrogen and oxygen atoms in total. The van der Waals surface area contributed by atoms with Crippen molar-refractivity contribution in [2.24, 2.45) is 0 Å². The van der Waals surface area contributed by atoms with E-state index in [1.165, 1.54) is 0 Å². The van der Waals surface area contributed by atoms with Gasteiger partial charge in [0.05, 0.1) is 8.95 Å². The van der Waals surface area contributed by atoms with E-state index in [1.54, 1.807) is 0 Å². The molecule has 0 amide bonds. The third kappa shape index (κ3) is 2.48. The molecule has 0 radical (unpaired) electrons. The van der Waals surface area contributed by atoms with E-state index in [0.29, 0.717) is 8.95 Å². The average molecular weight is 486 g/mol. The molecule has 5 heteroatoms. The van der Waals surface area contributed by atoms with Gasteiger partial charge < -0.3 is 5.11 Å². The number of hydrogen-bond acceptors (Lipinski definition) is 1. The number of benzene rings is 2. The van der Waals surface area contributed by atoms with Gasteiger partial charge in [-0.3, -0.25) is 0 Å². The zero-order chi connectivity index (χ0) is 12.6. The minimum Gasteiger partial charge on any atom is -0.505 e. The number of hydrogen-bond donors (Lipinski definition) is 1. The van der Waals surface area contributed by atoms with Crippen molar-refractivity contribution >= 4 is 63.7 Å². The Morgan fingerprint density at radius 2 is 1.18 bits per heavy atom. The molecular weight excluding hydrogens is 480 g/mol. The molecule has 0 fully saturated rings. The van der Waals surface area contributed by atoms with Crippen LogP contribution < -0.4 is 0 Å². The molecule has 0 unspecified atom stereocenters. The predicted molar refractivity (Wildman–Crippen MR) is 84.3 cm³/mol. The van der Waals surface area contributed by atoms with Crippen LogP contribution in [0.15, 0.2) is 48.2 Å². The maximum atomic E-state index is 9.89. The second-order valence-corrected chi connectivity index (χ2v) is 6.52. The molecular formula is C12H6Br4O. The molecule has 0 spiro atoms. The molecule has 0 bridgehead atoms. The summed E-state index contributed by atoms with van der Waals surface area (Å²) >= 11 is 13.7. The normalized spacial score (nSPS) is 10.6. The Kier molecular flexibility index (Phi) is 4.34. The minimum atomic E-state index is 0.170. The Morgan fingerprint density at radius 1 is 0.706 bits per heavy atom. The first-order valence-electron chi connectivity index (χ1n) is 4.64. The van der Waals surface area contributed by atoms with Gasteiger partial charge in [-0.1, -0.05) is 30.3 Å². The zero-order valence-corrected chi connectivity index (χ0v) is 14.7. The van der Waals surface area contributed by atoms with Crippen molar-refractivity contribution in [2.45, 2.75) is 0 Å². The Bertz CT molecular complexity index is 537. The fraction of sp³-hybridized carbons (Fsp3) is 0. The van der Waals surface area contributed by atoms with Crippen molar-refractivity contribution in [3.05, 3.63) is 48.2 Å². The van der Waals surface area contributed by atoms with Crippen molar-refractivity contribution in [1.82, 2.24) is 0 Å². The van der Waals surface area contributed by atoms with Gasteiger partial charge in [0.15, 0.2) is 0 Å². The summed E-state index contributed by atoms with van der Waals surface area (Å²) in [5.41, 5.74) is 2.05. The second kappa shape index (κ2) is 5.43. The number of phenols is 1. The van der Waals surface area contributed by atoms with Crippen LogP contribution in [0, 0.1) is 0 Å². The van der Waals surface area contributed by atoms with Gasteiger partial charge in [-0.05, 0) is 69.3 Å². The van der Waals surface area contributed by atoms with Crippen LogP contribution in [0.4, 0.5) is 0 Å². The van der Waals surface area contributed by atoms with Crippen LogP contribution >= 0.6 is 63.7 Å². The monoisotopic (exact) mass is 482 g/mol. The number of aromatic hydroxyl groups is 1. The first-order valence-corrected chi connectivity index (χ1v) is 7.81. The first kappa shape index (κ1) is 13.6.